The van der Waals surface area contributed by atoms with Crippen LogP contribution in [0, 0.1) is 11.8 Å². The number of hydrogen-bond acceptors (Lipinski definition) is 4. The van der Waals surface area contributed by atoms with E-state index in [2.05, 4.69) is 21.9 Å². The zero-order valence-electron chi connectivity index (χ0n) is 18.6. The molecular formula is C26H23N5O3. The first-order valence-corrected chi connectivity index (χ1v) is 11.0. The molecule has 2 aromatic heterocycles. The van der Waals surface area contributed by atoms with E-state index in [1.165, 1.54) is 0 Å². The Morgan fingerprint density at radius 1 is 1.12 bits per heavy atom. The molecular weight excluding hydrogens is 430 g/mol. The van der Waals surface area contributed by atoms with Crippen molar-refractivity contribution >= 4 is 17.5 Å². The lowest BCUT2D eigenvalue weighted by Gasteiger charge is -2.12. The summed E-state index contributed by atoms with van der Waals surface area (Å²) in [5, 5.41) is 4.44. The van der Waals surface area contributed by atoms with Gasteiger partial charge in [0.1, 0.15) is 17.1 Å². The molecule has 1 atom stereocenters. The van der Waals surface area contributed by atoms with E-state index in [0.29, 0.717) is 30.2 Å². The number of H-pyrrole nitrogens is 1. The number of fused-ring (bicyclic) bond motifs is 1. The molecule has 0 bridgehead atoms. The Balaban J connectivity index is 1.46. The van der Waals surface area contributed by atoms with Gasteiger partial charge in [0.2, 0.25) is 0 Å². The van der Waals surface area contributed by atoms with E-state index in [-0.39, 0.29) is 17.5 Å². The number of amides is 2. The van der Waals surface area contributed by atoms with Crippen LogP contribution in [0.15, 0.2) is 60.8 Å². The number of hydrogen-bond donors (Lipinski definition) is 2. The van der Waals surface area contributed by atoms with E-state index in [0.717, 1.165) is 23.3 Å². The van der Waals surface area contributed by atoms with Crippen molar-refractivity contribution in [1.29, 1.82) is 0 Å². The summed E-state index contributed by atoms with van der Waals surface area (Å²) in [6.45, 7) is 2.84. The van der Waals surface area contributed by atoms with E-state index in [1.807, 2.05) is 54.6 Å². The van der Waals surface area contributed by atoms with Gasteiger partial charge in [-0.15, -0.1) is 0 Å². The number of nitrogens with zero attached hydrogens (tertiary/aromatic N) is 3. The predicted octanol–water partition coefficient (Wildman–Crippen LogP) is 3.56. The van der Waals surface area contributed by atoms with Gasteiger partial charge in [0.05, 0.1) is 11.9 Å². The highest BCUT2D eigenvalue weighted by molar-refractivity contribution is 5.98. The summed E-state index contributed by atoms with van der Waals surface area (Å²) < 4.78 is 7.42. The summed E-state index contributed by atoms with van der Waals surface area (Å²) in [6.07, 6.45) is 2.53. The Morgan fingerprint density at radius 3 is 2.56 bits per heavy atom. The number of aromatic amines is 1. The number of benzene rings is 2. The maximum Gasteiger partial charge on any atom is 0.298 e. The number of primary amides is 1. The van der Waals surface area contributed by atoms with Crippen molar-refractivity contribution in [2.75, 3.05) is 13.1 Å². The number of nitrogens with one attached hydrogen (secondary N) is 1. The molecule has 0 radical (unpaired) electrons. The van der Waals surface area contributed by atoms with E-state index >= 15 is 0 Å². The topological polar surface area (TPSA) is 106 Å². The molecule has 0 saturated carbocycles. The van der Waals surface area contributed by atoms with Crippen LogP contribution in [0.2, 0.25) is 0 Å². The van der Waals surface area contributed by atoms with Gasteiger partial charge in [-0.1, -0.05) is 24.1 Å². The molecule has 170 valence electrons. The second kappa shape index (κ2) is 8.79. The van der Waals surface area contributed by atoms with Crippen LogP contribution in [-0.2, 0) is 4.79 Å². The molecule has 3 N–H and O–H groups in total. The van der Waals surface area contributed by atoms with Crippen LogP contribution < -0.4 is 10.5 Å². The summed E-state index contributed by atoms with van der Waals surface area (Å²) in [6, 6.07) is 16.9. The minimum absolute atomic E-state index is 0.0916. The Morgan fingerprint density at radius 2 is 1.85 bits per heavy atom. The van der Waals surface area contributed by atoms with Crippen molar-refractivity contribution in [3.63, 3.8) is 0 Å². The summed E-state index contributed by atoms with van der Waals surface area (Å²) in [7, 11) is 0. The van der Waals surface area contributed by atoms with Gasteiger partial charge in [0, 0.05) is 30.1 Å². The molecule has 34 heavy (non-hydrogen) atoms. The number of para-hydroxylation sites is 1. The van der Waals surface area contributed by atoms with Crippen molar-refractivity contribution in [2.45, 2.75) is 19.3 Å². The lowest BCUT2D eigenvalue weighted by molar-refractivity contribution is -0.124. The van der Waals surface area contributed by atoms with Gasteiger partial charge in [0.15, 0.2) is 5.69 Å². The molecule has 8 nitrogen and oxygen atoms in total. The quantitative estimate of drug-likeness (QED) is 0.451. The van der Waals surface area contributed by atoms with E-state index in [4.69, 9.17) is 10.5 Å². The molecule has 1 aliphatic heterocycles. The molecule has 2 amide bonds. The summed E-state index contributed by atoms with van der Waals surface area (Å²) in [4.78, 5) is 29.6. The molecule has 0 spiro atoms. The van der Waals surface area contributed by atoms with Crippen molar-refractivity contribution in [2.24, 2.45) is 5.73 Å². The first-order chi connectivity index (χ1) is 16.5. The monoisotopic (exact) mass is 453 g/mol. The van der Waals surface area contributed by atoms with Gasteiger partial charge in [-0.25, -0.2) is 4.52 Å². The number of imidazole rings is 1. The fraction of sp³-hybridized carbons (Fsp3) is 0.192. The zero-order chi connectivity index (χ0) is 23.7. The van der Waals surface area contributed by atoms with Crippen LogP contribution in [0.3, 0.4) is 0 Å². The highest BCUT2D eigenvalue weighted by Gasteiger charge is 2.31. The number of likely N-dealkylation sites (tertiary alicyclic amines) is 1. The average molecular weight is 454 g/mol. The smallest absolute Gasteiger partial charge is 0.298 e. The number of nitrogens with two attached hydrogens (primary N) is 1. The van der Waals surface area contributed by atoms with Gasteiger partial charge in [-0.3, -0.25) is 9.59 Å². The molecule has 3 heterocycles. The van der Waals surface area contributed by atoms with Crippen LogP contribution in [0.4, 0.5) is 0 Å². The van der Waals surface area contributed by atoms with Crippen LogP contribution in [0.25, 0.3) is 16.9 Å². The Hall–Kier alpha value is -4.51. The third-order valence-electron chi connectivity index (χ3n) is 5.99. The summed E-state index contributed by atoms with van der Waals surface area (Å²) >= 11 is 0. The highest BCUT2D eigenvalue weighted by atomic mass is 16.5. The van der Waals surface area contributed by atoms with Gasteiger partial charge >= 0.3 is 0 Å². The lowest BCUT2D eigenvalue weighted by atomic mass is 10.0. The van der Waals surface area contributed by atoms with Crippen LogP contribution in [0.1, 0.15) is 35.3 Å². The molecule has 4 aromatic rings. The van der Waals surface area contributed by atoms with Gasteiger partial charge < -0.3 is 20.4 Å². The van der Waals surface area contributed by atoms with Crippen molar-refractivity contribution in [3.05, 3.63) is 72.1 Å². The molecule has 1 aliphatic rings. The first kappa shape index (κ1) is 21.3. The van der Waals surface area contributed by atoms with Crippen molar-refractivity contribution in [1.82, 2.24) is 19.5 Å². The van der Waals surface area contributed by atoms with E-state index in [9.17, 15) is 9.59 Å². The van der Waals surface area contributed by atoms with Gasteiger partial charge in [0.25, 0.3) is 11.8 Å². The van der Waals surface area contributed by atoms with Crippen LogP contribution in [-0.4, -0.2) is 44.4 Å². The number of carbonyl (C=O) groups is 2. The standard InChI is InChI=1S/C26H23N5O3/c1-2-6-22(32)30-14-13-18(16-30)21-15-28-31-24(25(27)33)23(29-26(21)31)17-9-11-20(12-10-17)34-19-7-4-3-5-8-19/h3-5,7-12,15,18,29H,13-14,16H2,1H3,(H2,27,33). The van der Waals surface area contributed by atoms with Crippen molar-refractivity contribution < 1.29 is 14.3 Å². The number of carbonyl (C=O) groups excluding carboxylic acids is 2. The lowest BCUT2D eigenvalue weighted by Crippen LogP contribution is -2.26. The third-order valence-corrected chi connectivity index (χ3v) is 5.99. The first-order valence-electron chi connectivity index (χ1n) is 11.0. The Bertz CT molecular complexity index is 1420. The minimum Gasteiger partial charge on any atom is -0.457 e. The number of rotatable bonds is 5. The zero-order valence-corrected chi connectivity index (χ0v) is 18.6. The molecule has 1 saturated heterocycles. The molecule has 2 aromatic carbocycles. The number of aromatic nitrogens is 3. The van der Waals surface area contributed by atoms with Crippen molar-refractivity contribution in [3.8, 4) is 34.6 Å². The minimum atomic E-state index is -0.582. The Kier molecular flexibility index (Phi) is 5.52. The summed E-state index contributed by atoms with van der Waals surface area (Å²) in [5.41, 5.74) is 9.04. The predicted molar refractivity (Wildman–Crippen MR) is 127 cm³/mol. The molecule has 8 heteroatoms. The SMILES string of the molecule is CC#CC(=O)N1CCC(c2cnn3c(C(N)=O)c(-c4ccc(Oc5ccccc5)cc4)[nH]c23)C1. The van der Waals surface area contributed by atoms with Crippen LogP contribution in [0.5, 0.6) is 11.5 Å². The van der Waals surface area contributed by atoms with Crippen LogP contribution >= 0.6 is 0 Å². The molecule has 5 rings (SSSR count). The average Bonchev–Trinajstić information content (AvgIpc) is 3.55. The number of ether oxygens (including phenoxy) is 1. The largest absolute Gasteiger partial charge is 0.457 e. The normalized spacial score (nSPS) is 15.2. The fourth-order valence-electron chi connectivity index (χ4n) is 4.37. The Labute approximate surface area is 196 Å². The fourth-order valence-corrected chi connectivity index (χ4v) is 4.37. The third kappa shape index (κ3) is 3.88. The molecule has 1 unspecified atom stereocenters. The second-order valence-corrected chi connectivity index (χ2v) is 8.12. The summed E-state index contributed by atoms with van der Waals surface area (Å²) in [5.74, 6) is 6.01. The maximum atomic E-state index is 12.4. The highest BCUT2D eigenvalue weighted by Crippen LogP contribution is 2.33. The maximum absolute atomic E-state index is 12.4. The van der Waals surface area contributed by atoms with Gasteiger partial charge in [-0.05, 0) is 55.7 Å². The van der Waals surface area contributed by atoms with Gasteiger partial charge in [-0.2, -0.15) is 5.10 Å². The second-order valence-electron chi connectivity index (χ2n) is 8.12. The molecule has 0 aliphatic carbocycles. The van der Waals surface area contributed by atoms with E-state index < -0.39 is 5.91 Å². The molecule has 1 fully saturated rings. The van der Waals surface area contributed by atoms with E-state index in [1.54, 1.807) is 22.5 Å².